The molecule has 0 unspecified atom stereocenters. The number of benzene rings is 2. The van der Waals surface area contributed by atoms with Gasteiger partial charge in [0.2, 0.25) is 11.8 Å². The molecule has 1 aliphatic rings. The Morgan fingerprint density at radius 1 is 1.09 bits per heavy atom. The standard InChI is InChI=1S/C26H28N2O7/c1-4-28(15-24(29)27-17-5-9-21-23(13-17)34-12-11-33-21)25(30)10-8-20-16(2)19-7-6-18(32-3)14-22(19)35-26(20)31/h5-7,9,13-14H,4,8,10-12,15H2,1-3H3,(H,27,29). The lowest BCUT2D eigenvalue weighted by Crippen LogP contribution is -2.38. The van der Waals surface area contributed by atoms with Crippen LogP contribution < -0.4 is 25.2 Å². The lowest BCUT2D eigenvalue weighted by Gasteiger charge is -2.21. The van der Waals surface area contributed by atoms with Crippen LogP contribution in [0.5, 0.6) is 17.2 Å². The minimum absolute atomic E-state index is 0.0818. The summed E-state index contributed by atoms with van der Waals surface area (Å²) in [5.41, 5.74) is 1.74. The second-order valence-electron chi connectivity index (χ2n) is 8.17. The van der Waals surface area contributed by atoms with Gasteiger partial charge < -0.3 is 28.8 Å². The lowest BCUT2D eigenvalue weighted by atomic mass is 10.0. The molecule has 1 aliphatic heterocycles. The molecule has 0 radical (unpaired) electrons. The molecular formula is C26H28N2O7. The van der Waals surface area contributed by atoms with E-state index in [0.29, 0.717) is 53.8 Å². The highest BCUT2D eigenvalue weighted by molar-refractivity contribution is 5.95. The average Bonchev–Trinajstić information content (AvgIpc) is 2.86. The highest BCUT2D eigenvalue weighted by Gasteiger charge is 2.19. The van der Waals surface area contributed by atoms with Crippen LogP contribution in [0.4, 0.5) is 5.69 Å². The molecule has 1 aromatic heterocycles. The Balaban J connectivity index is 1.39. The zero-order chi connectivity index (χ0) is 24.9. The highest BCUT2D eigenvalue weighted by Crippen LogP contribution is 2.32. The number of rotatable bonds is 8. The van der Waals surface area contributed by atoms with Gasteiger partial charge in [-0.25, -0.2) is 4.79 Å². The van der Waals surface area contributed by atoms with Gasteiger partial charge in [-0.1, -0.05) is 0 Å². The van der Waals surface area contributed by atoms with Gasteiger partial charge in [0.05, 0.1) is 13.7 Å². The third-order valence-corrected chi connectivity index (χ3v) is 5.98. The van der Waals surface area contributed by atoms with E-state index in [1.54, 1.807) is 44.4 Å². The van der Waals surface area contributed by atoms with Gasteiger partial charge in [-0.3, -0.25) is 9.59 Å². The molecule has 0 saturated carbocycles. The minimum atomic E-state index is -0.476. The summed E-state index contributed by atoms with van der Waals surface area (Å²) in [6.45, 7) is 4.84. The summed E-state index contributed by atoms with van der Waals surface area (Å²) >= 11 is 0. The average molecular weight is 481 g/mol. The largest absolute Gasteiger partial charge is 0.497 e. The minimum Gasteiger partial charge on any atom is -0.497 e. The van der Waals surface area contributed by atoms with Crippen LogP contribution in [0.1, 0.15) is 24.5 Å². The van der Waals surface area contributed by atoms with Gasteiger partial charge in [-0.05, 0) is 50.1 Å². The van der Waals surface area contributed by atoms with Gasteiger partial charge in [0, 0.05) is 41.7 Å². The maximum atomic E-state index is 12.9. The fourth-order valence-electron chi connectivity index (χ4n) is 4.05. The zero-order valence-electron chi connectivity index (χ0n) is 20.0. The molecule has 0 spiro atoms. The predicted octanol–water partition coefficient (Wildman–Crippen LogP) is 3.30. The second kappa shape index (κ2) is 10.5. The smallest absolute Gasteiger partial charge is 0.339 e. The zero-order valence-corrected chi connectivity index (χ0v) is 20.0. The Morgan fingerprint density at radius 2 is 1.86 bits per heavy atom. The van der Waals surface area contributed by atoms with Crippen LogP contribution in [0, 0.1) is 6.92 Å². The molecule has 0 atom stereocenters. The van der Waals surface area contributed by atoms with Crippen LogP contribution in [0.3, 0.4) is 0 Å². The maximum Gasteiger partial charge on any atom is 0.339 e. The summed E-state index contributed by atoms with van der Waals surface area (Å²) in [4.78, 5) is 39.5. The molecule has 1 N–H and O–H groups in total. The third kappa shape index (κ3) is 5.40. The van der Waals surface area contributed by atoms with Crippen LogP contribution >= 0.6 is 0 Å². The van der Waals surface area contributed by atoms with Gasteiger partial charge >= 0.3 is 5.63 Å². The Bertz CT molecular complexity index is 1320. The normalized spacial score (nSPS) is 12.3. The monoisotopic (exact) mass is 480 g/mol. The van der Waals surface area contributed by atoms with E-state index >= 15 is 0 Å². The molecule has 2 heterocycles. The van der Waals surface area contributed by atoms with Crippen molar-refractivity contribution in [1.82, 2.24) is 4.90 Å². The second-order valence-corrected chi connectivity index (χ2v) is 8.17. The highest BCUT2D eigenvalue weighted by atomic mass is 16.6. The van der Waals surface area contributed by atoms with Crippen molar-refractivity contribution >= 4 is 28.5 Å². The summed E-state index contributed by atoms with van der Waals surface area (Å²) in [6, 6.07) is 10.4. The predicted molar refractivity (Wildman–Crippen MR) is 130 cm³/mol. The van der Waals surface area contributed by atoms with Gasteiger partial charge in [0.25, 0.3) is 0 Å². The van der Waals surface area contributed by atoms with E-state index in [1.807, 2.05) is 13.0 Å². The molecule has 184 valence electrons. The first-order valence-corrected chi connectivity index (χ1v) is 11.5. The first-order chi connectivity index (χ1) is 16.9. The van der Waals surface area contributed by atoms with Gasteiger partial charge in [-0.2, -0.15) is 0 Å². The van der Waals surface area contributed by atoms with Crippen LogP contribution in [-0.2, 0) is 16.0 Å². The molecule has 4 rings (SSSR count). The van der Waals surface area contributed by atoms with Crippen molar-refractivity contribution in [2.45, 2.75) is 26.7 Å². The van der Waals surface area contributed by atoms with E-state index < -0.39 is 5.63 Å². The molecule has 9 heteroatoms. The number of nitrogens with zero attached hydrogens (tertiary/aromatic N) is 1. The summed E-state index contributed by atoms with van der Waals surface area (Å²) in [7, 11) is 1.54. The SMILES string of the molecule is CCN(CC(=O)Nc1ccc2c(c1)OCCO2)C(=O)CCc1c(C)c2ccc(OC)cc2oc1=O. The molecule has 3 aromatic rings. The summed E-state index contributed by atoms with van der Waals surface area (Å²) in [5.74, 6) is 1.24. The molecule has 0 bridgehead atoms. The van der Waals surface area contributed by atoms with Gasteiger partial charge in [-0.15, -0.1) is 0 Å². The van der Waals surface area contributed by atoms with Crippen molar-refractivity contribution in [3.63, 3.8) is 0 Å². The number of fused-ring (bicyclic) bond motifs is 2. The van der Waals surface area contributed by atoms with Crippen LogP contribution in [-0.4, -0.2) is 50.1 Å². The molecule has 0 fully saturated rings. The van der Waals surface area contributed by atoms with E-state index in [2.05, 4.69) is 5.32 Å². The Morgan fingerprint density at radius 3 is 2.60 bits per heavy atom. The lowest BCUT2D eigenvalue weighted by molar-refractivity contribution is -0.134. The van der Waals surface area contributed by atoms with Crippen molar-refractivity contribution < 1.29 is 28.2 Å². The first-order valence-electron chi connectivity index (χ1n) is 11.5. The van der Waals surface area contributed by atoms with E-state index in [9.17, 15) is 14.4 Å². The number of aryl methyl sites for hydroxylation is 1. The van der Waals surface area contributed by atoms with Crippen molar-refractivity contribution in [1.29, 1.82) is 0 Å². The quantitative estimate of drug-likeness (QED) is 0.493. The molecule has 35 heavy (non-hydrogen) atoms. The van der Waals surface area contributed by atoms with Crippen LogP contribution in [0.15, 0.2) is 45.6 Å². The van der Waals surface area contributed by atoms with Crippen molar-refractivity contribution in [3.05, 3.63) is 57.9 Å². The number of anilines is 1. The van der Waals surface area contributed by atoms with Gasteiger partial charge in [0.15, 0.2) is 11.5 Å². The summed E-state index contributed by atoms with van der Waals surface area (Å²) < 4.78 is 21.7. The summed E-state index contributed by atoms with van der Waals surface area (Å²) in [5, 5.41) is 3.58. The summed E-state index contributed by atoms with van der Waals surface area (Å²) in [6.07, 6.45) is 0.299. The number of methoxy groups -OCH3 is 1. The number of hydrogen-bond donors (Lipinski definition) is 1. The number of amides is 2. The van der Waals surface area contributed by atoms with E-state index in [4.69, 9.17) is 18.6 Å². The van der Waals surface area contributed by atoms with E-state index in [-0.39, 0.29) is 31.2 Å². The third-order valence-electron chi connectivity index (χ3n) is 5.98. The Labute approximate surface area is 202 Å². The number of hydrogen-bond acceptors (Lipinski definition) is 7. The fourth-order valence-corrected chi connectivity index (χ4v) is 4.05. The van der Waals surface area contributed by atoms with Crippen molar-refractivity contribution in [2.75, 3.05) is 38.7 Å². The molecular weight excluding hydrogens is 452 g/mol. The van der Waals surface area contributed by atoms with Gasteiger partial charge in [0.1, 0.15) is 24.5 Å². The van der Waals surface area contributed by atoms with E-state index in [0.717, 1.165) is 10.9 Å². The molecule has 0 aliphatic carbocycles. The Kier molecular flexibility index (Phi) is 7.24. The molecule has 0 saturated heterocycles. The van der Waals surface area contributed by atoms with Crippen molar-refractivity contribution in [3.8, 4) is 17.2 Å². The Hall–Kier alpha value is -4.01. The maximum absolute atomic E-state index is 12.9. The number of likely N-dealkylation sites (N-methyl/N-ethyl adjacent to an activating group) is 1. The first kappa shape index (κ1) is 24.1. The number of nitrogens with one attached hydrogen (secondary N) is 1. The van der Waals surface area contributed by atoms with Crippen molar-refractivity contribution in [2.24, 2.45) is 0 Å². The van der Waals surface area contributed by atoms with Crippen LogP contribution in [0.25, 0.3) is 11.0 Å². The molecule has 2 aromatic carbocycles. The van der Waals surface area contributed by atoms with E-state index in [1.165, 1.54) is 4.90 Å². The molecule has 9 nitrogen and oxygen atoms in total. The topological polar surface area (TPSA) is 107 Å². The number of ether oxygens (including phenoxy) is 3. The fraction of sp³-hybridized carbons (Fsp3) is 0.346. The number of carbonyl (C=O) groups excluding carboxylic acids is 2. The number of carbonyl (C=O) groups is 2. The molecule has 2 amide bonds. The van der Waals surface area contributed by atoms with Crippen LogP contribution in [0.2, 0.25) is 0 Å².